The number of nitrogens with zero attached hydrogens (tertiary/aromatic N) is 1. The highest BCUT2D eigenvalue weighted by molar-refractivity contribution is 5.98. The monoisotopic (exact) mass is 289 g/mol. The fourth-order valence-corrected chi connectivity index (χ4v) is 3.10. The van der Waals surface area contributed by atoms with Crippen molar-refractivity contribution >= 4 is 5.78 Å². The van der Waals surface area contributed by atoms with E-state index >= 15 is 0 Å². The normalized spacial score (nSPS) is 14.3. The maximum atomic E-state index is 13.2. The third-order valence-electron chi connectivity index (χ3n) is 4.08. The zero-order valence-electron chi connectivity index (χ0n) is 12.0. The number of halogens is 2. The number of rotatable bonds is 3. The first-order valence-electron chi connectivity index (χ1n) is 7.22. The summed E-state index contributed by atoms with van der Waals surface area (Å²) in [6.07, 6.45) is 2.94. The molecule has 1 aliphatic rings. The fraction of sp³-hybridized carbons (Fsp3) is 0.353. The average molecular weight is 289 g/mol. The summed E-state index contributed by atoms with van der Waals surface area (Å²) in [6.45, 7) is 2.61. The van der Waals surface area contributed by atoms with Crippen molar-refractivity contribution in [3.05, 3.63) is 58.4 Å². The topological polar surface area (TPSA) is 22.0 Å². The summed E-state index contributed by atoms with van der Waals surface area (Å²) in [5, 5.41) is 0. The van der Waals surface area contributed by atoms with Crippen LogP contribution >= 0.6 is 0 Å². The molecule has 2 nitrogen and oxygen atoms in total. The standard InChI is InChI=1S/C17H17F2NO/c1-11-7-15-16(3-2-4-17(15)21)20(11)6-5-12-8-13(18)10-14(19)9-12/h7-10H,2-6H2,1H3. The molecule has 1 heterocycles. The molecule has 2 aromatic rings. The van der Waals surface area contributed by atoms with Crippen LogP contribution in [0.5, 0.6) is 0 Å². The van der Waals surface area contributed by atoms with Gasteiger partial charge < -0.3 is 4.57 Å². The van der Waals surface area contributed by atoms with E-state index in [-0.39, 0.29) is 5.78 Å². The van der Waals surface area contributed by atoms with Crippen LogP contribution in [0.4, 0.5) is 8.78 Å². The highest BCUT2D eigenvalue weighted by Crippen LogP contribution is 2.25. The summed E-state index contributed by atoms with van der Waals surface area (Å²) in [7, 11) is 0. The number of hydrogen-bond acceptors (Lipinski definition) is 1. The Labute approximate surface area is 122 Å². The van der Waals surface area contributed by atoms with Crippen LogP contribution < -0.4 is 0 Å². The molecule has 0 spiro atoms. The lowest BCUT2D eigenvalue weighted by Gasteiger charge is -2.16. The molecular weight excluding hydrogens is 272 g/mol. The van der Waals surface area contributed by atoms with Gasteiger partial charge in [0.05, 0.1) is 0 Å². The zero-order valence-corrected chi connectivity index (χ0v) is 12.0. The van der Waals surface area contributed by atoms with Gasteiger partial charge in [-0.2, -0.15) is 0 Å². The molecule has 0 unspecified atom stereocenters. The van der Waals surface area contributed by atoms with Crippen molar-refractivity contribution in [3.63, 3.8) is 0 Å². The van der Waals surface area contributed by atoms with Crippen LogP contribution in [0, 0.1) is 18.6 Å². The second-order valence-corrected chi connectivity index (χ2v) is 5.60. The number of carbonyl (C=O) groups excluding carboxylic acids is 1. The number of benzene rings is 1. The second kappa shape index (κ2) is 5.43. The summed E-state index contributed by atoms with van der Waals surface area (Å²) in [5.41, 5.74) is 3.56. The molecule has 0 aliphatic heterocycles. The van der Waals surface area contributed by atoms with E-state index in [2.05, 4.69) is 4.57 Å². The molecule has 4 heteroatoms. The summed E-state index contributed by atoms with van der Waals surface area (Å²) in [5.74, 6) is -0.896. The molecule has 0 saturated carbocycles. The Bertz CT molecular complexity index is 683. The molecule has 1 aliphatic carbocycles. The Morgan fingerprint density at radius 1 is 1.10 bits per heavy atom. The van der Waals surface area contributed by atoms with Gasteiger partial charge in [0.1, 0.15) is 11.6 Å². The Balaban J connectivity index is 1.84. The predicted molar refractivity (Wildman–Crippen MR) is 76.5 cm³/mol. The van der Waals surface area contributed by atoms with Crippen molar-refractivity contribution in [2.75, 3.05) is 0 Å². The number of fused-ring (bicyclic) bond motifs is 1. The number of ketones is 1. The van der Waals surface area contributed by atoms with E-state index < -0.39 is 11.6 Å². The largest absolute Gasteiger partial charge is 0.348 e. The van der Waals surface area contributed by atoms with Crippen LogP contribution in [0.25, 0.3) is 0 Å². The smallest absolute Gasteiger partial charge is 0.164 e. The lowest BCUT2D eigenvalue weighted by molar-refractivity contribution is 0.0971. The summed E-state index contributed by atoms with van der Waals surface area (Å²) in [6, 6.07) is 5.53. The van der Waals surface area contributed by atoms with Crippen LogP contribution in [-0.2, 0) is 19.4 Å². The molecule has 0 N–H and O–H groups in total. The van der Waals surface area contributed by atoms with Crippen LogP contribution in [-0.4, -0.2) is 10.4 Å². The van der Waals surface area contributed by atoms with E-state index in [1.807, 2.05) is 13.0 Å². The number of aryl methyl sites for hydroxylation is 2. The van der Waals surface area contributed by atoms with Crippen molar-refractivity contribution in [3.8, 4) is 0 Å². The van der Waals surface area contributed by atoms with Gasteiger partial charge in [-0.05, 0) is 49.9 Å². The van der Waals surface area contributed by atoms with Crippen LogP contribution in [0.15, 0.2) is 24.3 Å². The van der Waals surface area contributed by atoms with Crippen molar-refractivity contribution in [2.45, 2.75) is 39.2 Å². The molecule has 1 aromatic heterocycles. The van der Waals surface area contributed by atoms with Gasteiger partial charge >= 0.3 is 0 Å². The van der Waals surface area contributed by atoms with E-state index in [0.717, 1.165) is 35.9 Å². The molecule has 0 amide bonds. The van der Waals surface area contributed by atoms with Crippen molar-refractivity contribution < 1.29 is 13.6 Å². The van der Waals surface area contributed by atoms with Crippen molar-refractivity contribution in [2.24, 2.45) is 0 Å². The number of Topliss-reactive ketones (excluding diaryl/α,β-unsaturated/α-hetero) is 1. The maximum Gasteiger partial charge on any atom is 0.164 e. The first-order valence-corrected chi connectivity index (χ1v) is 7.22. The number of carbonyl (C=O) groups is 1. The minimum absolute atomic E-state index is 0.204. The van der Waals surface area contributed by atoms with Gasteiger partial charge in [-0.15, -0.1) is 0 Å². The Hall–Kier alpha value is -1.97. The molecule has 0 saturated heterocycles. The van der Waals surface area contributed by atoms with Gasteiger partial charge in [-0.25, -0.2) is 8.78 Å². The van der Waals surface area contributed by atoms with Gasteiger partial charge in [-0.3, -0.25) is 4.79 Å². The van der Waals surface area contributed by atoms with Gasteiger partial charge in [0, 0.05) is 36.0 Å². The first-order chi connectivity index (χ1) is 10.0. The highest BCUT2D eigenvalue weighted by Gasteiger charge is 2.22. The van der Waals surface area contributed by atoms with Gasteiger partial charge in [0.2, 0.25) is 0 Å². The van der Waals surface area contributed by atoms with Crippen molar-refractivity contribution in [1.82, 2.24) is 4.57 Å². The lowest BCUT2D eigenvalue weighted by Crippen LogP contribution is -2.14. The van der Waals surface area contributed by atoms with Gasteiger partial charge in [0.15, 0.2) is 5.78 Å². The Morgan fingerprint density at radius 2 is 1.81 bits per heavy atom. The average Bonchev–Trinajstić information content (AvgIpc) is 2.73. The van der Waals surface area contributed by atoms with E-state index in [1.165, 1.54) is 12.1 Å². The molecule has 0 fully saturated rings. The molecule has 21 heavy (non-hydrogen) atoms. The predicted octanol–water partition coefficient (Wildman–Crippen LogP) is 3.84. The zero-order chi connectivity index (χ0) is 15.0. The lowest BCUT2D eigenvalue weighted by atomic mass is 9.96. The van der Waals surface area contributed by atoms with E-state index in [1.54, 1.807) is 0 Å². The molecular formula is C17H17F2NO. The second-order valence-electron chi connectivity index (χ2n) is 5.60. The maximum absolute atomic E-state index is 13.2. The Morgan fingerprint density at radius 3 is 2.52 bits per heavy atom. The molecule has 0 bridgehead atoms. The van der Waals surface area contributed by atoms with Crippen molar-refractivity contribution in [1.29, 1.82) is 0 Å². The fourth-order valence-electron chi connectivity index (χ4n) is 3.10. The third kappa shape index (κ3) is 2.75. The summed E-state index contributed by atoms with van der Waals surface area (Å²) < 4.78 is 28.5. The van der Waals surface area contributed by atoms with Crippen LogP contribution in [0.2, 0.25) is 0 Å². The minimum Gasteiger partial charge on any atom is -0.348 e. The number of aromatic nitrogens is 1. The quantitative estimate of drug-likeness (QED) is 0.841. The Kier molecular flexibility index (Phi) is 3.62. The molecule has 0 atom stereocenters. The molecule has 1 aromatic carbocycles. The SMILES string of the molecule is Cc1cc2c(n1CCc1cc(F)cc(F)c1)CCCC2=O. The molecule has 3 rings (SSSR count). The van der Waals surface area contributed by atoms with E-state index in [0.29, 0.717) is 24.9 Å². The van der Waals surface area contributed by atoms with Crippen LogP contribution in [0.3, 0.4) is 0 Å². The van der Waals surface area contributed by atoms with Crippen LogP contribution in [0.1, 0.15) is 40.2 Å². The van der Waals surface area contributed by atoms with E-state index in [4.69, 9.17) is 0 Å². The molecule has 110 valence electrons. The first kappa shape index (κ1) is 14.0. The van der Waals surface area contributed by atoms with Gasteiger partial charge in [0.25, 0.3) is 0 Å². The summed E-state index contributed by atoms with van der Waals surface area (Å²) in [4.78, 5) is 11.9. The third-order valence-corrected chi connectivity index (χ3v) is 4.08. The molecule has 0 radical (unpaired) electrons. The summed E-state index contributed by atoms with van der Waals surface area (Å²) >= 11 is 0. The minimum atomic E-state index is -0.550. The number of hydrogen-bond donors (Lipinski definition) is 0. The van der Waals surface area contributed by atoms with Gasteiger partial charge in [-0.1, -0.05) is 0 Å². The van der Waals surface area contributed by atoms with E-state index in [9.17, 15) is 13.6 Å². The highest BCUT2D eigenvalue weighted by atomic mass is 19.1.